The summed E-state index contributed by atoms with van der Waals surface area (Å²) in [6.07, 6.45) is 1.47. The molecule has 1 aliphatic rings. The molecule has 6 heteroatoms. The van der Waals surface area contributed by atoms with Gasteiger partial charge in [0.15, 0.2) is 0 Å². The molecule has 0 radical (unpaired) electrons. The van der Waals surface area contributed by atoms with Crippen LogP contribution >= 0.6 is 0 Å². The van der Waals surface area contributed by atoms with Crippen molar-refractivity contribution >= 4 is 0 Å². The van der Waals surface area contributed by atoms with Gasteiger partial charge in [-0.3, -0.25) is 14.3 Å². The van der Waals surface area contributed by atoms with Crippen molar-refractivity contribution < 1.29 is 9.84 Å². The molecule has 0 saturated carbocycles. The molecule has 1 fully saturated rings. The van der Waals surface area contributed by atoms with Crippen molar-refractivity contribution in [2.75, 3.05) is 6.61 Å². The smallest absolute Gasteiger partial charge is 0.330 e. The molecule has 1 aliphatic heterocycles. The van der Waals surface area contributed by atoms with E-state index in [1.54, 1.807) is 0 Å². The summed E-state index contributed by atoms with van der Waals surface area (Å²) in [5, 5.41) is 8.99. The second-order valence-corrected chi connectivity index (χ2v) is 4.06. The highest BCUT2D eigenvalue weighted by molar-refractivity contribution is 4.87. The summed E-state index contributed by atoms with van der Waals surface area (Å²) in [6.45, 7) is 5.89. The summed E-state index contributed by atoms with van der Waals surface area (Å²) < 4.78 is 6.87. The monoisotopic (exact) mass is 256 g/mol. The van der Waals surface area contributed by atoms with Crippen LogP contribution in [0.3, 0.4) is 0 Å². The fraction of sp³-hybridized carbons (Fsp3) is 0.667. The Balaban J connectivity index is 0.000000771. The Kier molecular flexibility index (Phi) is 5.30. The highest BCUT2D eigenvalue weighted by Crippen LogP contribution is 2.32. The number of H-pyrrole nitrogens is 1. The van der Waals surface area contributed by atoms with E-state index in [2.05, 4.69) is 4.98 Å². The normalized spacial score (nSPS) is 26.6. The zero-order valence-electron chi connectivity index (χ0n) is 10.9. The first kappa shape index (κ1) is 14.7. The maximum atomic E-state index is 11.5. The molecule has 1 saturated heterocycles. The van der Waals surface area contributed by atoms with Crippen LogP contribution in [0.5, 0.6) is 0 Å². The molecule has 3 atom stereocenters. The fourth-order valence-electron chi connectivity index (χ4n) is 2.00. The number of aromatic amines is 1. The van der Waals surface area contributed by atoms with Gasteiger partial charge in [0.2, 0.25) is 0 Å². The van der Waals surface area contributed by atoms with Crippen molar-refractivity contribution in [1.82, 2.24) is 9.55 Å². The molecule has 18 heavy (non-hydrogen) atoms. The quantitative estimate of drug-likeness (QED) is 0.806. The van der Waals surface area contributed by atoms with Crippen molar-refractivity contribution in [3.05, 3.63) is 33.1 Å². The van der Waals surface area contributed by atoms with Gasteiger partial charge in [-0.15, -0.1) is 0 Å². The summed E-state index contributed by atoms with van der Waals surface area (Å²) in [4.78, 5) is 24.6. The van der Waals surface area contributed by atoms with Crippen LogP contribution in [0.1, 0.15) is 33.4 Å². The molecule has 0 unspecified atom stereocenters. The molecule has 2 rings (SSSR count). The molecular formula is C12H20N2O4. The Morgan fingerprint density at radius 3 is 2.67 bits per heavy atom. The summed E-state index contributed by atoms with van der Waals surface area (Å²) in [6, 6.07) is 1.28. The van der Waals surface area contributed by atoms with E-state index < -0.39 is 17.5 Å². The Bertz CT molecular complexity index is 479. The zero-order chi connectivity index (χ0) is 13.7. The second-order valence-electron chi connectivity index (χ2n) is 4.06. The van der Waals surface area contributed by atoms with Crippen LogP contribution in [-0.2, 0) is 4.74 Å². The number of nitrogens with one attached hydrogen (secondary N) is 1. The largest absolute Gasteiger partial charge is 0.394 e. The van der Waals surface area contributed by atoms with Gasteiger partial charge in [0, 0.05) is 18.2 Å². The summed E-state index contributed by atoms with van der Waals surface area (Å²) in [7, 11) is 0. The minimum absolute atomic E-state index is 0.0566. The predicted octanol–water partition coefficient (Wildman–Crippen LogP) is 0.479. The lowest BCUT2D eigenvalue weighted by Gasteiger charge is -2.17. The van der Waals surface area contributed by atoms with Crippen molar-refractivity contribution in [1.29, 1.82) is 0 Å². The highest BCUT2D eigenvalue weighted by atomic mass is 16.5. The summed E-state index contributed by atoms with van der Waals surface area (Å²) in [5.74, 6) is 0.126. The molecule has 0 amide bonds. The van der Waals surface area contributed by atoms with Gasteiger partial charge in [-0.2, -0.15) is 0 Å². The molecule has 1 aromatic heterocycles. The number of aliphatic hydroxyl groups is 1. The molecule has 6 nitrogen and oxygen atoms in total. The number of aromatic nitrogens is 2. The van der Waals surface area contributed by atoms with E-state index in [1.165, 1.54) is 16.8 Å². The SMILES string of the molecule is CC.C[C@H]1C[C@@H](CO)O[C@H]1n1ccc(=O)[nH]c1=O. The number of rotatable bonds is 2. The van der Waals surface area contributed by atoms with Crippen LogP contribution in [0, 0.1) is 5.92 Å². The standard InChI is InChI=1S/C10H14N2O4.C2H6/c1-6-4-7(5-13)16-9(6)12-3-2-8(14)11-10(12)15;1-2/h2-3,6-7,9,13H,4-5H2,1H3,(H,11,14,15);1-2H3/t6-,7-,9+;/m0./s1. The van der Waals surface area contributed by atoms with Crippen molar-refractivity contribution in [2.24, 2.45) is 5.92 Å². The van der Waals surface area contributed by atoms with Gasteiger partial charge in [-0.1, -0.05) is 20.8 Å². The molecule has 2 heterocycles. The van der Waals surface area contributed by atoms with E-state index in [1.807, 2.05) is 20.8 Å². The fourth-order valence-corrected chi connectivity index (χ4v) is 2.00. The third-order valence-electron chi connectivity index (χ3n) is 2.78. The zero-order valence-corrected chi connectivity index (χ0v) is 10.9. The molecule has 2 N–H and O–H groups in total. The Morgan fingerprint density at radius 2 is 2.17 bits per heavy atom. The van der Waals surface area contributed by atoms with Crippen LogP contribution in [0.25, 0.3) is 0 Å². The average Bonchev–Trinajstić information content (AvgIpc) is 2.73. The maximum Gasteiger partial charge on any atom is 0.330 e. The van der Waals surface area contributed by atoms with E-state index >= 15 is 0 Å². The van der Waals surface area contributed by atoms with E-state index in [-0.39, 0.29) is 18.6 Å². The third-order valence-corrected chi connectivity index (χ3v) is 2.78. The summed E-state index contributed by atoms with van der Waals surface area (Å²) in [5.41, 5.74) is -0.909. The Labute approximate surface area is 105 Å². The lowest BCUT2D eigenvalue weighted by molar-refractivity contribution is -0.0336. The molecule has 0 aliphatic carbocycles. The predicted molar refractivity (Wildman–Crippen MR) is 67.4 cm³/mol. The van der Waals surface area contributed by atoms with Crippen LogP contribution < -0.4 is 11.2 Å². The number of nitrogens with zero attached hydrogens (tertiary/aromatic N) is 1. The maximum absolute atomic E-state index is 11.5. The van der Waals surface area contributed by atoms with E-state index in [0.717, 1.165) is 0 Å². The first-order chi connectivity index (χ1) is 8.61. The average molecular weight is 256 g/mol. The number of ether oxygens (including phenoxy) is 1. The second kappa shape index (κ2) is 6.51. The van der Waals surface area contributed by atoms with Gasteiger partial charge >= 0.3 is 5.69 Å². The van der Waals surface area contributed by atoms with E-state index in [9.17, 15) is 9.59 Å². The van der Waals surface area contributed by atoms with Gasteiger partial charge in [-0.05, 0) is 6.42 Å². The minimum Gasteiger partial charge on any atom is -0.394 e. The lowest BCUT2D eigenvalue weighted by atomic mass is 10.1. The van der Waals surface area contributed by atoms with Crippen LogP contribution in [0.2, 0.25) is 0 Å². The highest BCUT2D eigenvalue weighted by Gasteiger charge is 2.33. The molecule has 0 spiro atoms. The number of hydrogen-bond acceptors (Lipinski definition) is 4. The van der Waals surface area contributed by atoms with Gasteiger partial charge in [0.25, 0.3) is 5.56 Å². The molecule has 102 valence electrons. The first-order valence-electron chi connectivity index (χ1n) is 6.19. The summed E-state index contributed by atoms with van der Waals surface area (Å²) >= 11 is 0. The van der Waals surface area contributed by atoms with Crippen LogP contribution in [0.15, 0.2) is 21.9 Å². The minimum atomic E-state index is -0.483. The lowest BCUT2D eigenvalue weighted by Crippen LogP contribution is -2.33. The number of aliphatic hydroxyl groups excluding tert-OH is 1. The topological polar surface area (TPSA) is 84.3 Å². The molecule has 1 aromatic rings. The van der Waals surface area contributed by atoms with Gasteiger partial charge < -0.3 is 9.84 Å². The van der Waals surface area contributed by atoms with Gasteiger partial charge in [-0.25, -0.2) is 4.79 Å². The molecule has 0 aromatic carbocycles. The first-order valence-corrected chi connectivity index (χ1v) is 6.19. The van der Waals surface area contributed by atoms with Gasteiger partial charge in [0.1, 0.15) is 6.23 Å². The van der Waals surface area contributed by atoms with Gasteiger partial charge in [0.05, 0.1) is 12.7 Å². The van der Waals surface area contributed by atoms with Crippen molar-refractivity contribution in [3.63, 3.8) is 0 Å². The third kappa shape index (κ3) is 3.08. The molecule has 0 bridgehead atoms. The van der Waals surface area contributed by atoms with Crippen molar-refractivity contribution in [2.45, 2.75) is 39.5 Å². The molecular weight excluding hydrogens is 236 g/mol. The van der Waals surface area contributed by atoms with E-state index in [4.69, 9.17) is 9.84 Å². The number of hydrogen-bond donors (Lipinski definition) is 2. The van der Waals surface area contributed by atoms with Crippen LogP contribution in [-0.4, -0.2) is 27.4 Å². The Morgan fingerprint density at radius 1 is 1.50 bits per heavy atom. The Hall–Kier alpha value is -1.40. The van der Waals surface area contributed by atoms with E-state index in [0.29, 0.717) is 6.42 Å². The van der Waals surface area contributed by atoms with Crippen molar-refractivity contribution in [3.8, 4) is 0 Å². The van der Waals surface area contributed by atoms with Crippen LogP contribution in [0.4, 0.5) is 0 Å².